The number of fused-ring (bicyclic) bond motifs is 1. The number of carbonyl (C=O) groups is 1. The van der Waals surface area contributed by atoms with Gasteiger partial charge in [-0.1, -0.05) is 51.5 Å². The van der Waals surface area contributed by atoms with E-state index in [1.807, 2.05) is 69.3 Å². The highest BCUT2D eigenvalue weighted by Crippen LogP contribution is 2.35. The molecular formula is C34H33BrN2O7S. The van der Waals surface area contributed by atoms with Crippen LogP contribution < -0.4 is 33.8 Å². The summed E-state index contributed by atoms with van der Waals surface area (Å²) in [5.41, 5.74) is 2.37. The topological polar surface area (TPSA) is 97.6 Å². The molecule has 3 aromatic carbocycles. The molecule has 4 aromatic rings. The molecule has 0 radical (unpaired) electrons. The second kappa shape index (κ2) is 14.6. The number of halogens is 1. The molecule has 1 atom stereocenters. The summed E-state index contributed by atoms with van der Waals surface area (Å²) in [6.07, 6.45) is 3.25. The lowest BCUT2D eigenvalue weighted by atomic mass is 9.97. The summed E-state index contributed by atoms with van der Waals surface area (Å²) < 4.78 is 31.5. The molecule has 0 N–H and O–H groups in total. The highest BCUT2D eigenvalue weighted by molar-refractivity contribution is 9.10. The van der Waals surface area contributed by atoms with Crippen molar-refractivity contribution in [3.8, 4) is 23.0 Å². The molecule has 45 heavy (non-hydrogen) atoms. The Morgan fingerprint density at radius 3 is 2.22 bits per heavy atom. The molecule has 0 saturated carbocycles. The predicted octanol–water partition coefficient (Wildman–Crippen LogP) is 5.56. The zero-order valence-electron chi connectivity index (χ0n) is 25.4. The molecular weight excluding hydrogens is 660 g/mol. The average molecular weight is 694 g/mol. The van der Waals surface area contributed by atoms with E-state index in [1.165, 1.54) is 29.2 Å². The van der Waals surface area contributed by atoms with Crippen LogP contribution in [0, 0.1) is 0 Å². The molecule has 0 fully saturated rings. The number of hydrogen-bond donors (Lipinski definition) is 0. The van der Waals surface area contributed by atoms with Crippen LogP contribution >= 0.6 is 27.3 Å². The Morgan fingerprint density at radius 2 is 1.53 bits per heavy atom. The average Bonchev–Trinajstić information content (AvgIpc) is 3.36. The number of esters is 1. The van der Waals surface area contributed by atoms with Crippen LogP contribution in [0.25, 0.3) is 6.08 Å². The van der Waals surface area contributed by atoms with Crippen LogP contribution in [0.5, 0.6) is 23.0 Å². The minimum atomic E-state index is -0.779. The van der Waals surface area contributed by atoms with E-state index in [1.54, 1.807) is 18.2 Å². The van der Waals surface area contributed by atoms with Crippen molar-refractivity contribution in [3.05, 3.63) is 113 Å². The highest BCUT2D eigenvalue weighted by Gasteiger charge is 2.31. The molecule has 0 bridgehead atoms. The largest absolute Gasteiger partial charge is 0.490 e. The third-order valence-corrected chi connectivity index (χ3v) is 8.41. The molecule has 9 nitrogen and oxygen atoms in total. The monoisotopic (exact) mass is 692 g/mol. The number of aromatic nitrogens is 1. The minimum absolute atomic E-state index is 0.231. The third-order valence-electron chi connectivity index (χ3n) is 6.88. The Kier molecular flexibility index (Phi) is 10.4. The van der Waals surface area contributed by atoms with Crippen molar-refractivity contribution in [2.45, 2.75) is 33.4 Å². The predicted molar refractivity (Wildman–Crippen MR) is 176 cm³/mol. The molecule has 234 valence electrons. The maximum absolute atomic E-state index is 14.0. The van der Waals surface area contributed by atoms with Crippen LogP contribution in [0.4, 0.5) is 0 Å². The minimum Gasteiger partial charge on any atom is -0.490 e. The molecule has 1 aliphatic heterocycles. The number of rotatable bonds is 12. The lowest BCUT2D eigenvalue weighted by molar-refractivity contribution is -0.136. The van der Waals surface area contributed by atoms with Crippen LogP contribution in [0.15, 0.2) is 86.7 Å². The Bertz CT molecular complexity index is 1900. The van der Waals surface area contributed by atoms with Gasteiger partial charge in [0.25, 0.3) is 5.56 Å². The molecule has 0 aliphatic carbocycles. The van der Waals surface area contributed by atoms with Crippen molar-refractivity contribution >= 4 is 39.3 Å². The second-order valence-corrected chi connectivity index (χ2v) is 11.7. The van der Waals surface area contributed by atoms with Gasteiger partial charge in [0, 0.05) is 10.7 Å². The van der Waals surface area contributed by atoms with E-state index >= 15 is 0 Å². The third kappa shape index (κ3) is 7.15. The number of carbonyl (C=O) groups excluding carboxylic acids is 1. The number of methoxy groups -OCH3 is 1. The van der Waals surface area contributed by atoms with Crippen molar-refractivity contribution in [1.29, 1.82) is 0 Å². The Labute approximate surface area is 273 Å². The normalized spacial score (nSPS) is 14.2. The molecule has 5 rings (SSSR count). The molecule has 0 unspecified atom stereocenters. The van der Waals surface area contributed by atoms with Crippen molar-refractivity contribution in [3.63, 3.8) is 0 Å². The number of benzene rings is 3. The molecule has 0 spiro atoms. The van der Waals surface area contributed by atoms with E-state index in [0.717, 1.165) is 15.6 Å². The summed E-state index contributed by atoms with van der Waals surface area (Å²) in [6.45, 7) is 7.38. The van der Waals surface area contributed by atoms with Crippen molar-refractivity contribution in [2.24, 2.45) is 4.99 Å². The van der Waals surface area contributed by atoms with Gasteiger partial charge in [-0.15, -0.1) is 0 Å². The van der Waals surface area contributed by atoms with Gasteiger partial charge in [0.15, 0.2) is 27.8 Å². The smallest absolute Gasteiger partial charge is 0.337 e. The van der Waals surface area contributed by atoms with Crippen LogP contribution in [0.1, 0.15) is 43.5 Å². The Balaban J connectivity index is 1.54. The van der Waals surface area contributed by atoms with Crippen molar-refractivity contribution < 1.29 is 28.5 Å². The zero-order chi connectivity index (χ0) is 31.9. The first kappa shape index (κ1) is 32.1. The number of nitrogens with zero attached hydrogens (tertiary/aromatic N) is 2. The summed E-state index contributed by atoms with van der Waals surface area (Å²) in [7, 11) is 1.30. The fraction of sp³-hybridized carbons (Fsp3) is 0.265. The van der Waals surface area contributed by atoms with E-state index in [0.29, 0.717) is 64.3 Å². The summed E-state index contributed by atoms with van der Waals surface area (Å²) in [4.78, 5) is 31.8. The number of hydrogen-bond acceptors (Lipinski definition) is 9. The lowest BCUT2D eigenvalue weighted by Crippen LogP contribution is -2.39. The van der Waals surface area contributed by atoms with Crippen LogP contribution in [-0.2, 0) is 16.1 Å². The van der Waals surface area contributed by atoms with Crippen molar-refractivity contribution in [2.75, 3.05) is 26.9 Å². The standard InChI is InChI=1S/C34H33BrN2O7S/c1-5-41-26-15-11-23(18-29(26)43-7-3)31-25(33(39)40-4)19-36-34-37(31)32(38)30(45-34)17-22-10-14-27(28(16-22)42-6-2)44-20-21-8-12-24(35)13-9-21/h8-19,31H,5-7,20H2,1-4H3/b30-17-/t31-/m1/s1. The number of thiazole rings is 1. The summed E-state index contributed by atoms with van der Waals surface area (Å²) in [5.74, 6) is 1.69. The van der Waals surface area contributed by atoms with Crippen LogP contribution in [-0.4, -0.2) is 37.5 Å². The maximum Gasteiger partial charge on any atom is 0.337 e. The molecule has 11 heteroatoms. The van der Waals surface area contributed by atoms with Gasteiger partial charge in [-0.2, -0.15) is 0 Å². The van der Waals surface area contributed by atoms with Gasteiger partial charge >= 0.3 is 5.97 Å². The zero-order valence-corrected chi connectivity index (χ0v) is 27.8. The fourth-order valence-electron chi connectivity index (χ4n) is 4.88. The van der Waals surface area contributed by atoms with E-state index < -0.39 is 12.0 Å². The number of ether oxygens (including phenoxy) is 5. The highest BCUT2D eigenvalue weighted by atomic mass is 79.9. The van der Waals surface area contributed by atoms with Gasteiger partial charge < -0.3 is 23.7 Å². The molecule has 2 heterocycles. The van der Waals surface area contributed by atoms with Gasteiger partial charge in [0.05, 0.1) is 43.1 Å². The quantitative estimate of drug-likeness (QED) is 0.180. The maximum atomic E-state index is 14.0. The molecule has 0 amide bonds. The summed E-state index contributed by atoms with van der Waals surface area (Å²) in [6, 6.07) is 18.1. The van der Waals surface area contributed by atoms with E-state index in [4.69, 9.17) is 23.7 Å². The van der Waals surface area contributed by atoms with E-state index in [-0.39, 0.29) is 11.1 Å². The van der Waals surface area contributed by atoms with Gasteiger partial charge in [0.1, 0.15) is 6.61 Å². The summed E-state index contributed by atoms with van der Waals surface area (Å²) in [5, 5.41) is 0. The molecule has 0 saturated heterocycles. The first-order chi connectivity index (χ1) is 21.9. The fourth-order valence-corrected chi connectivity index (χ4v) is 6.12. The van der Waals surface area contributed by atoms with Crippen LogP contribution in [0.2, 0.25) is 0 Å². The Morgan fingerprint density at radius 1 is 0.889 bits per heavy atom. The lowest BCUT2D eigenvalue weighted by Gasteiger charge is -2.23. The van der Waals surface area contributed by atoms with Crippen LogP contribution in [0.3, 0.4) is 0 Å². The van der Waals surface area contributed by atoms with Gasteiger partial charge in [-0.05, 0) is 79.9 Å². The SMILES string of the molecule is CCOc1ccc([C@@H]2C(C(=O)OC)=CN=c3s/c(=C\c4ccc(OCc5ccc(Br)cc5)c(OCC)c4)c(=O)n32)cc1OCC. The van der Waals surface area contributed by atoms with Gasteiger partial charge in [-0.3, -0.25) is 9.36 Å². The van der Waals surface area contributed by atoms with Crippen molar-refractivity contribution in [1.82, 2.24) is 4.57 Å². The van der Waals surface area contributed by atoms with Gasteiger partial charge in [0.2, 0.25) is 0 Å². The summed E-state index contributed by atoms with van der Waals surface area (Å²) >= 11 is 4.68. The van der Waals surface area contributed by atoms with E-state index in [2.05, 4.69) is 20.9 Å². The molecule has 1 aromatic heterocycles. The molecule has 1 aliphatic rings. The second-order valence-electron chi connectivity index (χ2n) is 9.80. The first-order valence-electron chi connectivity index (χ1n) is 14.5. The van der Waals surface area contributed by atoms with Gasteiger partial charge in [-0.25, -0.2) is 9.79 Å². The Hall–Kier alpha value is -4.35. The first-order valence-corrected chi connectivity index (χ1v) is 16.1. The van der Waals surface area contributed by atoms with E-state index in [9.17, 15) is 9.59 Å².